The Morgan fingerprint density at radius 3 is 2.41 bits per heavy atom. The Kier molecular flexibility index (Phi) is 7.69. The number of carbonyl (C=O) groups is 1. The van der Waals surface area contributed by atoms with Crippen molar-refractivity contribution in [2.75, 3.05) is 13.1 Å². The van der Waals surface area contributed by atoms with Gasteiger partial charge in [0.1, 0.15) is 5.75 Å². The summed E-state index contributed by atoms with van der Waals surface area (Å²) in [4.78, 5) is 11.8. The van der Waals surface area contributed by atoms with E-state index in [0.29, 0.717) is 6.54 Å². The van der Waals surface area contributed by atoms with E-state index >= 15 is 0 Å². The van der Waals surface area contributed by atoms with E-state index < -0.39 is 0 Å². The molecule has 0 radical (unpaired) electrons. The fourth-order valence-electron chi connectivity index (χ4n) is 2.19. The number of hydrogen-bond donors (Lipinski definition) is 2. The van der Waals surface area contributed by atoms with Crippen molar-refractivity contribution in [1.29, 1.82) is 0 Å². The summed E-state index contributed by atoms with van der Waals surface area (Å²) in [5, 5.41) is 6.21. The van der Waals surface area contributed by atoms with Crippen LogP contribution in [0.4, 0.5) is 0 Å². The van der Waals surface area contributed by atoms with Gasteiger partial charge < -0.3 is 15.4 Å². The number of carbonyl (C=O) groups excluding carboxylic acids is 1. The zero-order valence-corrected chi connectivity index (χ0v) is 14.4. The lowest BCUT2D eigenvalue weighted by Crippen LogP contribution is -2.36. The van der Waals surface area contributed by atoms with Crippen LogP contribution in [-0.4, -0.2) is 25.1 Å². The average Bonchev–Trinajstić information content (AvgIpc) is 3.23. The van der Waals surface area contributed by atoms with E-state index in [1.165, 1.54) is 12.8 Å². The molecule has 0 aromatic heterocycles. The zero-order chi connectivity index (χ0) is 15.2. The summed E-state index contributed by atoms with van der Waals surface area (Å²) in [5.74, 6) is 1.70. The molecule has 1 unspecified atom stereocenters. The van der Waals surface area contributed by atoms with Crippen LogP contribution in [0.5, 0.6) is 5.75 Å². The van der Waals surface area contributed by atoms with Crippen molar-refractivity contribution in [2.24, 2.45) is 5.92 Å². The number of hydrogen-bond acceptors (Lipinski definition) is 3. The summed E-state index contributed by atoms with van der Waals surface area (Å²) >= 11 is 0. The minimum atomic E-state index is 0. The first-order valence-corrected chi connectivity index (χ1v) is 7.81. The largest absolute Gasteiger partial charge is 0.491 e. The Labute approximate surface area is 139 Å². The third kappa shape index (κ3) is 6.67. The molecule has 124 valence electrons. The van der Waals surface area contributed by atoms with E-state index in [2.05, 4.69) is 10.6 Å². The molecule has 22 heavy (non-hydrogen) atoms. The number of nitrogens with one attached hydrogen (secondary N) is 2. The first kappa shape index (κ1) is 18.8. The minimum absolute atomic E-state index is 0. The second kappa shape index (κ2) is 9.01. The van der Waals surface area contributed by atoms with Gasteiger partial charge in [-0.25, -0.2) is 0 Å². The first-order valence-electron chi connectivity index (χ1n) is 7.81. The molecule has 1 amide bonds. The predicted molar refractivity (Wildman–Crippen MR) is 91.6 cm³/mol. The average molecular weight is 327 g/mol. The molecule has 1 aliphatic rings. The lowest BCUT2D eigenvalue weighted by molar-refractivity contribution is -0.120. The Hall–Kier alpha value is -1.26. The molecule has 4 nitrogen and oxygen atoms in total. The number of benzene rings is 1. The van der Waals surface area contributed by atoms with Crippen molar-refractivity contribution < 1.29 is 9.53 Å². The van der Waals surface area contributed by atoms with Crippen LogP contribution in [0.3, 0.4) is 0 Å². The van der Waals surface area contributed by atoms with Crippen LogP contribution < -0.4 is 15.4 Å². The van der Waals surface area contributed by atoms with Crippen LogP contribution in [0, 0.1) is 5.92 Å². The number of ether oxygens (including phenoxy) is 1. The van der Waals surface area contributed by atoms with Gasteiger partial charge >= 0.3 is 0 Å². The molecular formula is C17H27ClN2O2. The van der Waals surface area contributed by atoms with Gasteiger partial charge in [0, 0.05) is 0 Å². The van der Waals surface area contributed by atoms with Gasteiger partial charge in [-0.1, -0.05) is 12.1 Å². The van der Waals surface area contributed by atoms with Gasteiger partial charge in [0.25, 0.3) is 0 Å². The highest BCUT2D eigenvalue weighted by molar-refractivity contribution is 5.85. The maximum atomic E-state index is 11.8. The third-order valence-corrected chi connectivity index (χ3v) is 3.54. The normalized spacial score (nSPS) is 15.1. The van der Waals surface area contributed by atoms with Gasteiger partial charge in [0.15, 0.2) is 0 Å². The number of rotatable bonds is 8. The third-order valence-electron chi connectivity index (χ3n) is 3.54. The Bertz CT molecular complexity index is 458. The van der Waals surface area contributed by atoms with Crippen molar-refractivity contribution in [2.45, 2.75) is 45.8 Å². The maximum absolute atomic E-state index is 11.8. The molecule has 1 aromatic carbocycles. The molecular weight excluding hydrogens is 300 g/mol. The van der Waals surface area contributed by atoms with Crippen LogP contribution >= 0.6 is 12.4 Å². The van der Waals surface area contributed by atoms with E-state index in [9.17, 15) is 4.79 Å². The van der Waals surface area contributed by atoms with E-state index in [0.717, 1.165) is 23.8 Å². The van der Waals surface area contributed by atoms with Gasteiger partial charge in [0.2, 0.25) is 5.91 Å². The highest BCUT2D eigenvalue weighted by Gasteiger charge is 2.20. The molecule has 1 aliphatic carbocycles. The van der Waals surface area contributed by atoms with E-state index in [4.69, 9.17) is 4.74 Å². The first-order chi connectivity index (χ1) is 10.0. The fourth-order valence-corrected chi connectivity index (χ4v) is 2.19. The standard InChI is InChI=1S/C17H26N2O2.ClH/c1-12(2)21-16-8-6-15(7-9-16)13(3)19-17(20)11-18-10-14-4-5-14;/h6-9,12-14,18H,4-5,10-11H2,1-3H3,(H,19,20);1H. The van der Waals surface area contributed by atoms with Crippen molar-refractivity contribution in [3.63, 3.8) is 0 Å². The summed E-state index contributed by atoms with van der Waals surface area (Å²) in [6, 6.07) is 7.90. The van der Waals surface area contributed by atoms with E-state index in [-0.39, 0.29) is 30.5 Å². The summed E-state index contributed by atoms with van der Waals surface area (Å²) < 4.78 is 5.61. The Morgan fingerprint density at radius 1 is 1.23 bits per heavy atom. The van der Waals surface area contributed by atoms with Crippen LogP contribution in [0.1, 0.15) is 45.2 Å². The SMILES string of the molecule is CC(C)Oc1ccc(C(C)NC(=O)CNCC2CC2)cc1.Cl. The minimum Gasteiger partial charge on any atom is -0.491 e. The summed E-state index contributed by atoms with van der Waals surface area (Å²) in [5.41, 5.74) is 1.08. The van der Waals surface area contributed by atoms with Gasteiger partial charge in [0.05, 0.1) is 18.7 Å². The molecule has 0 bridgehead atoms. The van der Waals surface area contributed by atoms with Gasteiger partial charge in [-0.15, -0.1) is 12.4 Å². The summed E-state index contributed by atoms with van der Waals surface area (Å²) in [6.07, 6.45) is 2.77. The van der Waals surface area contributed by atoms with E-state index in [1.54, 1.807) is 0 Å². The molecule has 0 aliphatic heterocycles. The van der Waals surface area contributed by atoms with Crippen LogP contribution in [0.2, 0.25) is 0 Å². The van der Waals surface area contributed by atoms with Crippen molar-refractivity contribution in [3.8, 4) is 5.75 Å². The molecule has 0 saturated heterocycles. The monoisotopic (exact) mass is 326 g/mol. The molecule has 2 rings (SSSR count). The molecule has 1 fully saturated rings. The molecule has 1 atom stereocenters. The molecule has 0 spiro atoms. The highest BCUT2D eigenvalue weighted by Crippen LogP contribution is 2.27. The topological polar surface area (TPSA) is 50.4 Å². The van der Waals surface area contributed by atoms with Gasteiger partial charge in [-0.2, -0.15) is 0 Å². The molecule has 2 N–H and O–H groups in total. The maximum Gasteiger partial charge on any atom is 0.234 e. The lowest BCUT2D eigenvalue weighted by Gasteiger charge is -2.16. The van der Waals surface area contributed by atoms with Crippen molar-refractivity contribution in [3.05, 3.63) is 29.8 Å². The second-order valence-corrected chi connectivity index (χ2v) is 6.10. The van der Waals surface area contributed by atoms with Crippen molar-refractivity contribution >= 4 is 18.3 Å². The second-order valence-electron chi connectivity index (χ2n) is 6.10. The summed E-state index contributed by atoms with van der Waals surface area (Å²) in [7, 11) is 0. The smallest absolute Gasteiger partial charge is 0.234 e. The van der Waals surface area contributed by atoms with Crippen LogP contribution in [0.15, 0.2) is 24.3 Å². The van der Waals surface area contributed by atoms with Crippen LogP contribution in [-0.2, 0) is 4.79 Å². The van der Waals surface area contributed by atoms with Gasteiger partial charge in [-0.3, -0.25) is 4.79 Å². The number of halogens is 1. The van der Waals surface area contributed by atoms with Crippen LogP contribution in [0.25, 0.3) is 0 Å². The fraction of sp³-hybridized carbons (Fsp3) is 0.588. The molecule has 0 heterocycles. The molecule has 1 aromatic rings. The lowest BCUT2D eigenvalue weighted by atomic mass is 10.1. The van der Waals surface area contributed by atoms with Gasteiger partial charge in [-0.05, 0) is 63.8 Å². The number of amides is 1. The van der Waals surface area contributed by atoms with E-state index in [1.807, 2.05) is 45.0 Å². The molecule has 5 heteroatoms. The highest BCUT2D eigenvalue weighted by atomic mass is 35.5. The zero-order valence-electron chi connectivity index (χ0n) is 13.6. The molecule has 1 saturated carbocycles. The summed E-state index contributed by atoms with van der Waals surface area (Å²) in [6.45, 7) is 7.37. The van der Waals surface area contributed by atoms with Crippen molar-refractivity contribution in [1.82, 2.24) is 10.6 Å². The quantitative estimate of drug-likeness (QED) is 0.772. The Balaban J connectivity index is 0.00000242. The Morgan fingerprint density at radius 2 is 1.86 bits per heavy atom. The predicted octanol–water partition coefficient (Wildman–Crippen LogP) is 3.07.